The Bertz CT molecular complexity index is 3120. The van der Waals surface area contributed by atoms with Crippen molar-refractivity contribution < 1.29 is 4.74 Å². The number of allylic oxidation sites excluding steroid dienone is 9. The van der Waals surface area contributed by atoms with E-state index in [4.69, 9.17) is 9.73 Å². The average molecular weight is 814 g/mol. The first kappa shape index (κ1) is 37.5. The molecule has 5 atom stereocenters. The zero-order valence-electron chi connectivity index (χ0n) is 35.0. The van der Waals surface area contributed by atoms with Crippen molar-refractivity contribution in [3.63, 3.8) is 0 Å². The van der Waals surface area contributed by atoms with Crippen molar-refractivity contribution in [2.24, 2.45) is 10.9 Å². The van der Waals surface area contributed by atoms with Crippen LogP contribution in [-0.2, 0) is 0 Å². The van der Waals surface area contributed by atoms with Gasteiger partial charge in [-0.05, 0) is 97.7 Å². The van der Waals surface area contributed by atoms with Crippen molar-refractivity contribution in [3.8, 4) is 16.9 Å². The van der Waals surface area contributed by atoms with Crippen LogP contribution in [0, 0.1) is 5.92 Å². The standard InChI is InChI=1S/C59H47N3O/c1-3-13-38(14-4-1)40-25-31-44(32-26-40)57-60-58(45-33-27-41(28-34-45)39-15-5-2-6-16-39)62-59(61-57)46-35-29-43(30-36-46)48-22-12-24-54-55(48)53-37-52(50-20-9-10-21-51(50)56(53)63-54)49-23-11-18-42-17-7-8-19-47(42)49/h1,3-5,7-31,33-37,44,54-55,57-58,60H,2,6,32H2,(H,61,62). The third-order valence-electron chi connectivity index (χ3n) is 13.5. The summed E-state index contributed by atoms with van der Waals surface area (Å²) in [5.41, 5.74) is 13.5. The molecule has 5 unspecified atom stereocenters. The summed E-state index contributed by atoms with van der Waals surface area (Å²) in [4.78, 5) is 5.40. The number of benzene rings is 7. The summed E-state index contributed by atoms with van der Waals surface area (Å²) >= 11 is 0. The Kier molecular flexibility index (Phi) is 9.45. The van der Waals surface area contributed by atoms with E-state index in [-0.39, 0.29) is 30.3 Å². The van der Waals surface area contributed by atoms with Gasteiger partial charge in [0.1, 0.15) is 30.0 Å². The largest absolute Gasteiger partial charge is 0.484 e. The van der Waals surface area contributed by atoms with E-state index < -0.39 is 0 Å². The molecule has 0 aromatic heterocycles. The van der Waals surface area contributed by atoms with Gasteiger partial charge in [0, 0.05) is 22.4 Å². The zero-order chi connectivity index (χ0) is 41.7. The molecule has 0 bridgehead atoms. The molecule has 0 fully saturated rings. The Morgan fingerprint density at radius 2 is 1.32 bits per heavy atom. The molecule has 0 saturated carbocycles. The molecule has 5 aliphatic rings. The Morgan fingerprint density at radius 1 is 0.587 bits per heavy atom. The van der Waals surface area contributed by atoms with Crippen LogP contribution in [0.4, 0.5) is 0 Å². The van der Waals surface area contributed by atoms with E-state index >= 15 is 0 Å². The number of rotatable bonds is 7. The number of amidine groups is 1. The molecule has 4 heteroatoms. The maximum absolute atomic E-state index is 6.89. The van der Waals surface area contributed by atoms with Crippen LogP contribution in [0.5, 0.6) is 5.75 Å². The van der Waals surface area contributed by atoms with Crippen molar-refractivity contribution in [3.05, 3.63) is 240 Å². The van der Waals surface area contributed by atoms with Crippen LogP contribution in [0.1, 0.15) is 64.7 Å². The molecule has 0 saturated heterocycles. The Hall–Kier alpha value is -7.27. The van der Waals surface area contributed by atoms with Gasteiger partial charge in [-0.25, -0.2) is 4.99 Å². The number of ether oxygens (including phenoxy) is 1. The SMILES string of the molecule is C1=CC2Oc3c(cc(-c4cccc5ccccc45)c4ccccc34)C2C(c2ccc(C3=NC(C4C=CC(c5ccccc5)=CC4)NC(c4ccc(C5=CCCC=C5)cc4)N3)cc2)=C1. The van der Waals surface area contributed by atoms with Gasteiger partial charge in [-0.2, -0.15) is 0 Å². The van der Waals surface area contributed by atoms with E-state index in [2.05, 4.69) is 217 Å². The smallest absolute Gasteiger partial charge is 0.132 e. The molecule has 63 heavy (non-hydrogen) atoms. The molecule has 2 heterocycles. The van der Waals surface area contributed by atoms with Gasteiger partial charge in [0.15, 0.2) is 0 Å². The van der Waals surface area contributed by atoms with Gasteiger partial charge in [0.2, 0.25) is 0 Å². The summed E-state index contributed by atoms with van der Waals surface area (Å²) in [7, 11) is 0. The Labute approximate surface area is 369 Å². The van der Waals surface area contributed by atoms with Crippen LogP contribution in [0.15, 0.2) is 211 Å². The summed E-state index contributed by atoms with van der Waals surface area (Å²) < 4.78 is 6.89. The van der Waals surface area contributed by atoms with Gasteiger partial charge in [0.25, 0.3) is 0 Å². The molecule has 0 spiro atoms. The first-order valence-electron chi connectivity index (χ1n) is 22.4. The number of nitrogens with one attached hydrogen (secondary N) is 2. The maximum atomic E-state index is 6.89. The molecule has 4 nitrogen and oxygen atoms in total. The van der Waals surface area contributed by atoms with Crippen LogP contribution < -0.4 is 15.4 Å². The van der Waals surface area contributed by atoms with Crippen molar-refractivity contribution >= 4 is 44.1 Å². The number of nitrogens with zero attached hydrogens (tertiary/aromatic N) is 1. The van der Waals surface area contributed by atoms with E-state index in [9.17, 15) is 0 Å². The van der Waals surface area contributed by atoms with Gasteiger partial charge < -0.3 is 10.1 Å². The van der Waals surface area contributed by atoms with Crippen LogP contribution in [0.3, 0.4) is 0 Å². The lowest BCUT2D eigenvalue weighted by Crippen LogP contribution is -2.50. The fraction of sp³-hybridized carbons (Fsp3) is 0.136. The fourth-order valence-corrected chi connectivity index (χ4v) is 10.3. The van der Waals surface area contributed by atoms with Gasteiger partial charge in [0.05, 0.1) is 5.92 Å². The van der Waals surface area contributed by atoms with E-state index in [1.54, 1.807) is 0 Å². The third-order valence-corrected chi connectivity index (χ3v) is 13.5. The van der Waals surface area contributed by atoms with Crippen LogP contribution in [0.2, 0.25) is 0 Å². The third kappa shape index (κ3) is 6.88. The minimum Gasteiger partial charge on any atom is -0.484 e. The predicted molar refractivity (Wildman–Crippen MR) is 261 cm³/mol. The average Bonchev–Trinajstić information content (AvgIpc) is 3.76. The predicted octanol–water partition coefficient (Wildman–Crippen LogP) is 13.5. The topological polar surface area (TPSA) is 45.6 Å². The first-order chi connectivity index (χ1) is 31.2. The van der Waals surface area contributed by atoms with Crippen molar-refractivity contribution in [1.29, 1.82) is 0 Å². The van der Waals surface area contributed by atoms with Crippen LogP contribution >= 0.6 is 0 Å². The van der Waals surface area contributed by atoms with Gasteiger partial charge in [-0.3, -0.25) is 5.32 Å². The molecule has 3 aliphatic carbocycles. The summed E-state index contributed by atoms with van der Waals surface area (Å²) in [6, 6.07) is 55.2. The van der Waals surface area contributed by atoms with E-state index in [1.807, 2.05) is 0 Å². The molecule has 2 N–H and O–H groups in total. The highest BCUT2D eigenvalue weighted by atomic mass is 16.5. The molecule has 7 aromatic carbocycles. The van der Waals surface area contributed by atoms with E-state index in [1.165, 1.54) is 71.8 Å². The Balaban J connectivity index is 0.875. The molecule has 0 amide bonds. The number of fused-ring (bicyclic) bond motifs is 6. The Morgan fingerprint density at radius 3 is 2.13 bits per heavy atom. The maximum Gasteiger partial charge on any atom is 0.132 e. The summed E-state index contributed by atoms with van der Waals surface area (Å²) in [5.74, 6) is 2.17. The molecule has 12 rings (SSSR count). The van der Waals surface area contributed by atoms with Gasteiger partial charge in [-0.1, -0.05) is 194 Å². The minimum absolute atomic E-state index is 0.0621. The highest BCUT2D eigenvalue weighted by Crippen LogP contribution is 2.53. The van der Waals surface area contributed by atoms with Gasteiger partial charge >= 0.3 is 0 Å². The van der Waals surface area contributed by atoms with E-state index in [0.717, 1.165) is 41.8 Å². The summed E-state index contributed by atoms with van der Waals surface area (Å²) in [5, 5.41) is 12.6. The van der Waals surface area contributed by atoms with Crippen molar-refractivity contribution in [2.45, 2.75) is 43.6 Å². The molecule has 304 valence electrons. The normalized spacial score (nSPS) is 22.3. The highest BCUT2D eigenvalue weighted by Gasteiger charge is 2.39. The lowest BCUT2D eigenvalue weighted by Gasteiger charge is -2.35. The second-order valence-corrected chi connectivity index (χ2v) is 17.3. The lowest BCUT2D eigenvalue weighted by atomic mass is 9.79. The van der Waals surface area contributed by atoms with Crippen molar-refractivity contribution in [2.75, 3.05) is 0 Å². The van der Waals surface area contributed by atoms with Crippen molar-refractivity contribution in [1.82, 2.24) is 10.6 Å². The fourth-order valence-electron chi connectivity index (χ4n) is 10.3. The number of hydrogen-bond donors (Lipinski definition) is 2. The molecule has 7 aromatic rings. The zero-order valence-corrected chi connectivity index (χ0v) is 35.0. The monoisotopic (exact) mass is 813 g/mol. The molecular formula is C59H47N3O. The second kappa shape index (κ2) is 15.9. The first-order valence-corrected chi connectivity index (χ1v) is 22.4. The molecule has 0 radical (unpaired) electrons. The summed E-state index contributed by atoms with van der Waals surface area (Å²) in [6.45, 7) is 0. The highest BCUT2D eigenvalue weighted by molar-refractivity contribution is 6.08. The lowest BCUT2D eigenvalue weighted by molar-refractivity contribution is 0.274. The van der Waals surface area contributed by atoms with Gasteiger partial charge in [-0.15, -0.1) is 0 Å². The number of aliphatic imine (C=N–C) groups is 1. The second-order valence-electron chi connectivity index (χ2n) is 17.3. The minimum atomic E-state index is -0.107. The number of hydrogen-bond acceptors (Lipinski definition) is 4. The van der Waals surface area contributed by atoms with E-state index in [0.29, 0.717) is 0 Å². The molecule has 2 aliphatic heterocycles. The quantitative estimate of drug-likeness (QED) is 0.168. The summed E-state index contributed by atoms with van der Waals surface area (Å²) in [6.07, 6.45) is 23.3. The van der Waals surface area contributed by atoms with Crippen LogP contribution in [-0.4, -0.2) is 18.1 Å². The molecular weight excluding hydrogens is 767 g/mol. The van der Waals surface area contributed by atoms with Crippen LogP contribution in [0.25, 0.3) is 49.4 Å².